The molecule has 0 atom stereocenters. The van der Waals surface area contributed by atoms with Crippen molar-refractivity contribution >= 4 is 93.6 Å². The molecule has 4 nitrogen and oxygen atoms in total. The van der Waals surface area contributed by atoms with Gasteiger partial charge in [-0.15, -0.1) is 0 Å². The molecule has 2 aromatic rings. The maximum Gasteiger partial charge on any atom is 1.00 e. The third kappa shape index (κ3) is 7.55. The number of benzene rings is 2. The molecule has 2 rings (SSSR count). The van der Waals surface area contributed by atoms with Crippen molar-refractivity contribution in [1.29, 1.82) is 0 Å². The van der Waals surface area contributed by atoms with Gasteiger partial charge in [-0.05, 0) is 0 Å². The van der Waals surface area contributed by atoms with E-state index < -0.39 is 18.7 Å². The predicted octanol–water partition coefficient (Wildman–Crippen LogP) is -11.9. The van der Waals surface area contributed by atoms with Gasteiger partial charge in [-0.25, -0.2) is 0 Å². The number of hydrogen-bond acceptors (Lipinski definition) is 4. The molecule has 0 amide bonds. The van der Waals surface area contributed by atoms with E-state index in [1.54, 1.807) is 24.3 Å². The van der Waals surface area contributed by atoms with Crippen LogP contribution in [-0.4, -0.2) is 82.8 Å². The second-order valence-corrected chi connectivity index (χ2v) is 7.31. The van der Waals surface area contributed by atoms with Crippen LogP contribution in [0.1, 0.15) is 41.4 Å². The van der Waals surface area contributed by atoms with Crippen molar-refractivity contribution < 1.29 is 137 Å². The summed E-state index contributed by atoms with van der Waals surface area (Å²) in [5, 5.41) is 0.877. The molecule has 0 fully saturated rings. The predicted molar refractivity (Wildman–Crippen MR) is 84.3 cm³/mol. The van der Waals surface area contributed by atoms with Gasteiger partial charge >= 0.3 is 277 Å². The summed E-state index contributed by atoms with van der Waals surface area (Å²) >= 11 is 9.25. The van der Waals surface area contributed by atoms with Crippen molar-refractivity contribution in [2.45, 2.75) is 0 Å². The van der Waals surface area contributed by atoms with Crippen LogP contribution < -0.4 is 118 Å². The Kier molecular flexibility index (Phi) is 20.0. The van der Waals surface area contributed by atoms with Crippen LogP contribution in [-0.2, 0) is 0 Å². The van der Waals surface area contributed by atoms with Gasteiger partial charge in [-0.3, -0.25) is 0 Å². The molecule has 0 saturated heterocycles. The van der Waals surface area contributed by atoms with Crippen LogP contribution in [0, 0.1) is 0 Å². The van der Waals surface area contributed by atoms with Crippen LogP contribution >= 0.6 is 0 Å². The molecule has 0 aliphatic heterocycles. The van der Waals surface area contributed by atoms with Gasteiger partial charge in [0.05, 0.1) is 0 Å². The Labute approximate surface area is 272 Å². The van der Waals surface area contributed by atoms with E-state index in [-0.39, 0.29) is 140 Å². The summed E-state index contributed by atoms with van der Waals surface area (Å²) in [6, 6.07) is 6.64. The van der Waals surface area contributed by atoms with E-state index in [1.165, 1.54) is 0 Å². The van der Waals surface area contributed by atoms with Gasteiger partial charge in [-0.2, -0.15) is 0 Å². The number of fused-ring (bicyclic) bond motifs is 1. The summed E-state index contributed by atoms with van der Waals surface area (Å²) < 4.78 is -2.11. The SMILES string of the molecule is O=C([Se-])c1c(C(=O)[Se-])c(C(=O)[Se-])c2ccccc2c1C(=O)[Se-].[Na+].[Na+].[Na+].[Na+]. The third-order valence-electron chi connectivity index (χ3n) is 3.03. The molecular formula is C14H4Na4O4Se4. The fourth-order valence-corrected chi connectivity index (χ4v) is 4.02. The molecule has 0 radical (unpaired) electrons. The van der Waals surface area contributed by atoms with Gasteiger partial charge in [0.1, 0.15) is 0 Å². The van der Waals surface area contributed by atoms with Gasteiger partial charge in [0.2, 0.25) is 0 Å². The van der Waals surface area contributed by atoms with Crippen molar-refractivity contribution in [3.63, 3.8) is 0 Å². The van der Waals surface area contributed by atoms with Crippen LogP contribution in [0.4, 0.5) is 0 Å². The van der Waals surface area contributed by atoms with E-state index >= 15 is 0 Å². The minimum atomic E-state index is -0.578. The minimum Gasteiger partial charge on any atom is 1.00 e. The minimum absolute atomic E-state index is 0. The molecule has 0 aliphatic rings. The van der Waals surface area contributed by atoms with Crippen LogP contribution in [0.25, 0.3) is 10.8 Å². The van der Waals surface area contributed by atoms with Crippen LogP contribution in [0.3, 0.4) is 0 Å². The quantitative estimate of drug-likeness (QED) is 0.311. The first-order valence-corrected chi connectivity index (χ1v) is 9.14. The monoisotopic (exact) mass is 648 g/mol. The van der Waals surface area contributed by atoms with Crippen LogP contribution in [0.5, 0.6) is 0 Å². The molecule has 0 saturated carbocycles. The zero-order valence-corrected chi connectivity index (χ0v) is 29.4. The fourth-order valence-electron chi connectivity index (χ4n) is 2.27. The van der Waals surface area contributed by atoms with Crippen LogP contribution in [0.2, 0.25) is 0 Å². The molecule has 0 heterocycles. The largest absolute Gasteiger partial charge is 1.00 e. The molecule has 12 heteroatoms. The topological polar surface area (TPSA) is 68.3 Å². The molecular weight excluding hydrogens is 640 g/mol. The molecule has 0 N–H and O–H groups in total. The number of rotatable bonds is 4. The van der Waals surface area contributed by atoms with Gasteiger partial charge in [0.15, 0.2) is 0 Å². The van der Waals surface area contributed by atoms with Crippen LogP contribution in [0.15, 0.2) is 24.3 Å². The molecule has 0 bridgehead atoms. The van der Waals surface area contributed by atoms with E-state index in [0.717, 1.165) is 0 Å². The zero-order valence-electron chi connectivity index (χ0n) is 14.6. The Morgan fingerprint density at radius 2 is 0.731 bits per heavy atom. The molecule has 112 valence electrons. The maximum absolute atomic E-state index is 12.0. The Balaban J connectivity index is -0.00000132. The maximum atomic E-state index is 12.0. The van der Waals surface area contributed by atoms with Crippen molar-refractivity contribution in [3.8, 4) is 0 Å². The van der Waals surface area contributed by atoms with Gasteiger partial charge in [0, 0.05) is 0 Å². The standard InChI is InChI=1S/C14H8O4Se4.4Na/c15-11(19)7-5-3-1-2-4-6(5)8(12(16)20)10(14(18)22)9(7)13(17)21;;;;/h1-4H,(H,15,19)(H,16,20)(H,17,21)(H,18,22);;;;/q;4*+1/p-4. The molecule has 26 heavy (non-hydrogen) atoms. The van der Waals surface area contributed by atoms with Crippen molar-refractivity contribution in [2.75, 3.05) is 0 Å². The van der Waals surface area contributed by atoms with E-state index in [0.29, 0.717) is 10.8 Å². The Morgan fingerprint density at radius 3 is 0.923 bits per heavy atom. The normalized spacial score (nSPS) is 8.77. The molecule has 2 aromatic carbocycles. The van der Waals surface area contributed by atoms with Gasteiger partial charge in [0.25, 0.3) is 0 Å². The summed E-state index contributed by atoms with van der Waals surface area (Å²) in [5.41, 5.74) is -0.0134. The second kappa shape index (κ2) is 15.3. The van der Waals surface area contributed by atoms with Crippen molar-refractivity contribution in [3.05, 3.63) is 46.5 Å². The summed E-state index contributed by atoms with van der Waals surface area (Å²) in [6.45, 7) is 0. The van der Waals surface area contributed by atoms with Gasteiger partial charge < -0.3 is 0 Å². The number of carbonyl (C=O) groups excluding carboxylic acids is 4. The summed E-state index contributed by atoms with van der Waals surface area (Å²) in [5.74, 6) is 0. The summed E-state index contributed by atoms with van der Waals surface area (Å²) in [7, 11) is 0. The number of hydrogen-bond donors (Lipinski definition) is 0. The molecule has 0 aromatic heterocycles. The Morgan fingerprint density at radius 1 is 0.500 bits per heavy atom. The first-order chi connectivity index (χ1) is 10.3. The fraction of sp³-hybridized carbons (Fsp3) is 0. The average Bonchev–Trinajstić information content (AvgIpc) is 2.43. The van der Waals surface area contributed by atoms with Crippen molar-refractivity contribution in [1.82, 2.24) is 0 Å². The smallest absolute Gasteiger partial charge is 1.00 e. The summed E-state index contributed by atoms with van der Waals surface area (Å²) in [4.78, 5) is 48.0. The Hall–Kier alpha value is 3.46. The van der Waals surface area contributed by atoms with E-state index in [4.69, 9.17) is 0 Å². The Bertz CT molecular complexity index is 803. The first-order valence-electron chi connectivity index (χ1n) is 5.71. The van der Waals surface area contributed by atoms with E-state index in [2.05, 4.69) is 64.1 Å². The van der Waals surface area contributed by atoms with Gasteiger partial charge in [-0.1, -0.05) is 0 Å². The molecule has 0 unspecified atom stereocenters. The first kappa shape index (κ1) is 34.1. The van der Waals surface area contributed by atoms with E-state index in [9.17, 15) is 19.2 Å². The van der Waals surface area contributed by atoms with E-state index in [1.807, 2.05) is 0 Å². The molecule has 0 spiro atoms. The summed E-state index contributed by atoms with van der Waals surface area (Å²) in [6.07, 6.45) is 0. The number of carbonyl (C=O) groups is 4. The molecule has 0 aliphatic carbocycles. The zero-order chi connectivity index (χ0) is 16.6. The average molecular weight is 644 g/mol. The third-order valence-corrected chi connectivity index (χ3v) is 4.75. The van der Waals surface area contributed by atoms with Crippen molar-refractivity contribution in [2.24, 2.45) is 0 Å². The second-order valence-electron chi connectivity index (χ2n) is 4.20.